The molecular weight excluding hydrogens is 597 g/mol. The summed E-state index contributed by atoms with van der Waals surface area (Å²) in [5.74, 6) is -2.51. The minimum atomic E-state index is -2.67. The number of rotatable bonds is 10. The number of nitrogens with zero attached hydrogens (tertiary/aromatic N) is 4. The van der Waals surface area contributed by atoms with E-state index in [9.17, 15) is 13.3 Å². The van der Waals surface area contributed by atoms with Gasteiger partial charge in [0.2, 0.25) is 5.92 Å². The second kappa shape index (κ2) is 11.9. The molecular formula is C33H43F2N5O2SSi. The van der Waals surface area contributed by atoms with Crippen molar-refractivity contribution < 1.29 is 17.8 Å². The molecule has 1 saturated carbocycles. The first kappa shape index (κ1) is 32.7. The van der Waals surface area contributed by atoms with Crippen molar-refractivity contribution in [3.8, 4) is 17.1 Å². The van der Waals surface area contributed by atoms with Crippen molar-refractivity contribution in [2.24, 2.45) is 11.1 Å². The zero-order valence-electron chi connectivity index (χ0n) is 26.6. The molecule has 1 aromatic carbocycles. The van der Waals surface area contributed by atoms with Crippen molar-refractivity contribution in [3.05, 3.63) is 72.2 Å². The molecule has 2 N–H and O–H groups in total. The maximum absolute atomic E-state index is 13.9. The van der Waals surface area contributed by atoms with E-state index in [0.717, 1.165) is 27.9 Å². The van der Waals surface area contributed by atoms with Crippen molar-refractivity contribution in [1.29, 1.82) is 0 Å². The summed E-state index contributed by atoms with van der Waals surface area (Å²) in [4.78, 5) is 9.84. The van der Waals surface area contributed by atoms with Crippen molar-refractivity contribution in [1.82, 2.24) is 19.7 Å². The molecule has 44 heavy (non-hydrogen) atoms. The van der Waals surface area contributed by atoms with E-state index in [2.05, 4.69) is 39.0 Å². The number of hydrogen-bond donors (Lipinski definition) is 1. The van der Waals surface area contributed by atoms with E-state index in [0.29, 0.717) is 24.5 Å². The van der Waals surface area contributed by atoms with Gasteiger partial charge in [0, 0.05) is 53.2 Å². The first-order valence-corrected chi connectivity index (χ1v) is 19.2. The molecule has 0 radical (unpaired) electrons. The Morgan fingerprint density at radius 3 is 2.43 bits per heavy atom. The number of alkyl halides is 2. The Hall–Kier alpha value is -2.70. The van der Waals surface area contributed by atoms with E-state index in [1.807, 2.05) is 79.3 Å². The Morgan fingerprint density at radius 1 is 1.07 bits per heavy atom. The maximum Gasteiger partial charge on any atom is 0.248 e. The highest BCUT2D eigenvalue weighted by Crippen LogP contribution is 2.51. The summed E-state index contributed by atoms with van der Waals surface area (Å²) in [5, 5.41) is 11.5. The number of aromatic nitrogens is 4. The third-order valence-corrected chi connectivity index (χ3v) is 15.1. The van der Waals surface area contributed by atoms with Crippen LogP contribution in [0.1, 0.15) is 71.2 Å². The first-order chi connectivity index (χ1) is 20.5. The predicted molar refractivity (Wildman–Crippen MR) is 176 cm³/mol. The van der Waals surface area contributed by atoms with Crippen LogP contribution in [0.2, 0.25) is 18.1 Å². The smallest absolute Gasteiger partial charge is 0.248 e. The van der Waals surface area contributed by atoms with Crippen LogP contribution in [-0.2, 0) is 22.4 Å². The zero-order valence-corrected chi connectivity index (χ0v) is 28.4. The number of fused-ring (bicyclic) bond motifs is 1. The van der Waals surface area contributed by atoms with Crippen LogP contribution in [-0.4, -0.2) is 43.3 Å². The summed E-state index contributed by atoms with van der Waals surface area (Å²) in [6.07, 6.45) is 1.82. The van der Waals surface area contributed by atoms with E-state index < -0.39 is 30.3 Å². The summed E-state index contributed by atoms with van der Waals surface area (Å²) in [5.41, 5.74) is 4.03. The van der Waals surface area contributed by atoms with E-state index in [-0.39, 0.29) is 29.7 Å². The monoisotopic (exact) mass is 639 g/mol. The Kier molecular flexibility index (Phi) is 8.84. The van der Waals surface area contributed by atoms with Crippen molar-refractivity contribution in [2.75, 3.05) is 0 Å². The van der Waals surface area contributed by atoms with Gasteiger partial charge in [-0.05, 0) is 68.2 Å². The van der Waals surface area contributed by atoms with E-state index in [1.165, 1.54) is 0 Å². The lowest BCUT2D eigenvalue weighted by atomic mass is 9.69. The van der Waals surface area contributed by atoms with Crippen LogP contribution in [0.5, 0.6) is 0 Å². The van der Waals surface area contributed by atoms with Gasteiger partial charge in [-0.3, -0.25) is 4.98 Å². The fourth-order valence-corrected chi connectivity index (χ4v) is 6.72. The molecule has 3 aromatic heterocycles. The Morgan fingerprint density at radius 2 is 1.77 bits per heavy atom. The molecule has 1 fully saturated rings. The van der Waals surface area contributed by atoms with Gasteiger partial charge in [-0.15, -0.1) is 0 Å². The van der Waals surface area contributed by atoms with Gasteiger partial charge in [-0.2, -0.15) is 10.2 Å². The zero-order chi connectivity index (χ0) is 32.1. The molecule has 1 aliphatic rings. The van der Waals surface area contributed by atoms with Gasteiger partial charge in [0.05, 0.1) is 29.7 Å². The number of halogens is 2. The minimum absolute atomic E-state index is 0.104. The van der Waals surface area contributed by atoms with Gasteiger partial charge < -0.3 is 8.98 Å². The van der Waals surface area contributed by atoms with Crippen LogP contribution in [0.15, 0.2) is 60.8 Å². The molecule has 1 aliphatic carbocycles. The first-order valence-electron chi connectivity index (χ1n) is 15.1. The Balaban J connectivity index is 1.45. The molecule has 0 aliphatic heterocycles. The normalized spacial score (nSPS) is 17.4. The van der Waals surface area contributed by atoms with Crippen LogP contribution in [0.3, 0.4) is 0 Å². The molecule has 1 unspecified atom stereocenters. The molecule has 4 aromatic rings. The maximum atomic E-state index is 13.9. The van der Waals surface area contributed by atoms with Gasteiger partial charge in [0.25, 0.3) is 0 Å². The number of benzene rings is 1. The minimum Gasteiger partial charge on any atom is -0.598 e. The van der Waals surface area contributed by atoms with Crippen LogP contribution >= 0.6 is 0 Å². The molecule has 3 heterocycles. The second-order valence-corrected chi connectivity index (χ2v) is 20.7. The van der Waals surface area contributed by atoms with E-state index >= 15 is 0 Å². The van der Waals surface area contributed by atoms with Gasteiger partial charge in [0.1, 0.15) is 4.75 Å². The highest BCUT2D eigenvalue weighted by Gasteiger charge is 2.51. The molecule has 11 heteroatoms. The molecule has 2 atom stereocenters. The lowest BCUT2D eigenvalue weighted by Crippen LogP contribution is -2.44. The Labute approximate surface area is 263 Å². The number of nitrogens with two attached hydrogens (primary N) is 1. The fraction of sp³-hybridized carbons (Fsp3) is 0.485. The third-order valence-electron chi connectivity index (χ3n) is 9.36. The quantitative estimate of drug-likeness (QED) is 0.140. The summed E-state index contributed by atoms with van der Waals surface area (Å²) >= 11 is -1.61. The lowest BCUT2D eigenvalue weighted by Gasteiger charge is -2.42. The topological polar surface area (TPSA) is 102 Å². The number of pyridine rings is 2. The number of hydrogen-bond acceptors (Lipinski definition) is 6. The largest absolute Gasteiger partial charge is 0.598 e. The van der Waals surface area contributed by atoms with Crippen molar-refractivity contribution in [3.63, 3.8) is 0 Å². The summed E-state index contributed by atoms with van der Waals surface area (Å²) in [7, 11) is -1.93. The van der Waals surface area contributed by atoms with Gasteiger partial charge >= 0.3 is 0 Å². The standard InChI is InChI=1S/C33H43F2N5O2SSi/c1-31(2,3)44(6,7)42-21-25-10-8-13-30(38-25)40-29-16-22(14-15-23(29)20-37-40)27-11-9-12-28(39-27)26(19-32(4,5)43(36)41)24-17-33(34,35)18-24/h8-16,20,24,26H,17-19,21,36H2,1-7H3/t26-,43?/m1/s1. The van der Waals surface area contributed by atoms with Crippen LogP contribution < -0.4 is 5.14 Å². The van der Waals surface area contributed by atoms with Gasteiger partial charge in [0.15, 0.2) is 14.1 Å². The lowest BCUT2D eigenvalue weighted by molar-refractivity contribution is -0.118. The molecule has 0 saturated heterocycles. The summed E-state index contributed by atoms with van der Waals surface area (Å²) < 4.78 is 47.6. The molecule has 236 valence electrons. The fourth-order valence-electron chi connectivity index (χ4n) is 5.43. The predicted octanol–water partition coefficient (Wildman–Crippen LogP) is 7.92. The SMILES string of the molecule is CC(C)(C[C@@H](c1cccc(-c2ccc3cnn(-c4cccc(CO[Si](C)(C)C(C)(C)C)n4)c3c2)n1)C1CC(F)(F)C1)[S+](N)[O-]. The van der Waals surface area contributed by atoms with E-state index in [1.54, 1.807) is 0 Å². The molecule has 7 nitrogen and oxygen atoms in total. The summed E-state index contributed by atoms with van der Waals surface area (Å²) in [6.45, 7) is 15.2. The highest BCUT2D eigenvalue weighted by molar-refractivity contribution is 7.90. The molecule has 0 bridgehead atoms. The van der Waals surface area contributed by atoms with Crippen molar-refractivity contribution >= 4 is 30.6 Å². The average molecular weight is 640 g/mol. The van der Waals surface area contributed by atoms with Crippen LogP contribution in [0, 0.1) is 5.92 Å². The summed E-state index contributed by atoms with van der Waals surface area (Å²) in [6, 6.07) is 17.6. The van der Waals surface area contributed by atoms with Crippen LogP contribution in [0.4, 0.5) is 8.78 Å². The molecule has 0 spiro atoms. The van der Waals surface area contributed by atoms with Crippen LogP contribution in [0.25, 0.3) is 28.0 Å². The molecule has 5 rings (SSSR count). The van der Waals surface area contributed by atoms with Crippen molar-refractivity contribution in [2.45, 2.75) is 95.2 Å². The molecule has 0 amide bonds. The van der Waals surface area contributed by atoms with Gasteiger partial charge in [-0.1, -0.05) is 45.0 Å². The highest BCUT2D eigenvalue weighted by atomic mass is 32.2. The van der Waals surface area contributed by atoms with Gasteiger partial charge in [-0.25, -0.2) is 18.4 Å². The second-order valence-electron chi connectivity index (χ2n) is 14.2. The third kappa shape index (κ3) is 6.91. The Bertz CT molecular complexity index is 1630. The average Bonchev–Trinajstić information content (AvgIpc) is 3.36. The van der Waals surface area contributed by atoms with E-state index in [4.69, 9.17) is 19.5 Å².